The zero-order valence-electron chi connectivity index (χ0n) is 9.92. The highest BCUT2D eigenvalue weighted by Gasteiger charge is 2.41. The molecule has 1 fully saturated rings. The van der Waals surface area contributed by atoms with E-state index in [4.69, 9.17) is 10.5 Å². The fourth-order valence-electron chi connectivity index (χ4n) is 2.70. The van der Waals surface area contributed by atoms with Gasteiger partial charge in [-0.3, -0.25) is 0 Å². The number of hydrogen-bond donors (Lipinski definition) is 2. The average Bonchev–Trinajstić information content (AvgIpc) is 2.22. The zero-order valence-corrected chi connectivity index (χ0v) is 9.92. The second-order valence-corrected chi connectivity index (χ2v) is 4.65. The molecule has 0 unspecified atom stereocenters. The highest BCUT2D eigenvalue weighted by Crippen LogP contribution is 2.50. The number of nitrogens with two attached hydrogens (primary N) is 1. The van der Waals surface area contributed by atoms with E-state index in [0.717, 1.165) is 24.0 Å². The lowest BCUT2D eigenvalue weighted by molar-refractivity contribution is 0.239. The molecule has 0 radical (unpaired) electrons. The van der Waals surface area contributed by atoms with Gasteiger partial charge in [-0.05, 0) is 31.4 Å². The summed E-state index contributed by atoms with van der Waals surface area (Å²) < 4.78 is 5.34. The Morgan fingerprint density at radius 3 is 2.56 bits per heavy atom. The molecule has 2 rings (SSSR count). The van der Waals surface area contributed by atoms with Crippen LogP contribution in [0.15, 0.2) is 12.1 Å². The van der Waals surface area contributed by atoms with Crippen LogP contribution in [0.3, 0.4) is 0 Å². The molecule has 0 aromatic heterocycles. The second-order valence-electron chi connectivity index (χ2n) is 4.65. The Bertz CT molecular complexity index is 392. The molecule has 1 aliphatic carbocycles. The van der Waals surface area contributed by atoms with Crippen LogP contribution < -0.4 is 10.5 Å². The number of phenols is 1. The van der Waals surface area contributed by atoms with Crippen LogP contribution in [0.2, 0.25) is 0 Å². The number of hydrogen-bond acceptors (Lipinski definition) is 3. The van der Waals surface area contributed by atoms with Gasteiger partial charge >= 0.3 is 0 Å². The van der Waals surface area contributed by atoms with Gasteiger partial charge in [0.05, 0.1) is 7.11 Å². The summed E-state index contributed by atoms with van der Waals surface area (Å²) >= 11 is 0. The Balaban J connectivity index is 2.57. The van der Waals surface area contributed by atoms with Gasteiger partial charge in [-0.15, -0.1) is 0 Å². The largest absolute Gasteiger partial charge is 0.504 e. The molecule has 0 amide bonds. The fraction of sp³-hybridized carbons (Fsp3) is 0.538. The molecule has 0 atom stereocenters. The molecule has 3 heteroatoms. The van der Waals surface area contributed by atoms with E-state index in [2.05, 4.69) is 0 Å². The number of methoxy groups -OCH3 is 1. The monoisotopic (exact) mass is 221 g/mol. The predicted octanol–water partition coefficient (Wildman–Crippen LogP) is 2.09. The Labute approximate surface area is 96.2 Å². The Morgan fingerprint density at radius 1 is 1.44 bits per heavy atom. The van der Waals surface area contributed by atoms with Crippen LogP contribution in [0.4, 0.5) is 0 Å². The van der Waals surface area contributed by atoms with Gasteiger partial charge in [0.25, 0.3) is 0 Å². The minimum absolute atomic E-state index is 0.0220. The topological polar surface area (TPSA) is 55.5 Å². The first kappa shape index (κ1) is 11.3. The van der Waals surface area contributed by atoms with Crippen molar-refractivity contribution in [2.45, 2.75) is 31.6 Å². The minimum atomic E-state index is 0.0220. The fourth-order valence-corrected chi connectivity index (χ4v) is 2.70. The average molecular weight is 221 g/mol. The molecule has 88 valence electrons. The molecule has 0 spiro atoms. The van der Waals surface area contributed by atoms with Gasteiger partial charge < -0.3 is 15.6 Å². The molecule has 3 N–H and O–H groups in total. The highest BCUT2D eigenvalue weighted by atomic mass is 16.5. The minimum Gasteiger partial charge on any atom is -0.504 e. The number of benzene rings is 1. The summed E-state index contributed by atoms with van der Waals surface area (Å²) in [6.45, 7) is 2.67. The van der Waals surface area contributed by atoms with Crippen molar-refractivity contribution in [3.05, 3.63) is 23.3 Å². The van der Waals surface area contributed by atoms with E-state index in [0.29, 0.717) is 12.3 Å². The summed E-state index contributed by atoms with van der Waals surface area (Å²) in [5.41, 5.74) is 8.18. The van der Waals surface area contributed by atoms with Crippen molar-refractivity contribution in [2.75, 3.05) is 13.7 Å². The van der Waals surface area contributed by atoms with Crippen molar-refractivity contribution in [1.29, 1.82) is 0 Å². The Morgan fingerprint density at radius 2 is 2.12 bits per heavy atom. The lowest BCUT2D eigenvalue weighted by atomic mass is 9.63. The summed E-state index contributed by atoms with van der Waals surface area (Å²) in [6.07, 6.45) is 3.38. The third-order valence-electron chi connectivity index (χ3n) is 3.78. The van der Waals surface area contributed by atoms with E-state index < -0.39 is 0 Å². The van der Waals surface area contributed by atoms with Crippen LogP contribution in [0.1, 0.15) is 30.4 Å². The smallest absolute Gasteiger partial charge is 0.164 e. The van der Waals surface area contributed by atoms with Crippen molar-refractivity contribution in [1.82, 2.24) is 0 Å². The lowest BCUT2D eigenvalue weighted by Gasteiger charge is -2.43. The maximum Gasteiger partial charge on any atom is 0.164 e. The molecule has 1 saturated carbocycles. The molecule has 1 aromatic rings. The number of aromatic hydroxyl groups is 1. The Hall–Kier alpha value is -1.22. The van der Waals surface area contributed by atoms with Crippen LogP contribution in [-0.4, -0.2) is 18.8 Å². The highest BCUT2D eigenvalue weighted by molar-refractivity contribution is 5.54. The lowest BCUT2D eigenvalue weighted by Crippen LogP contribution is -2.42. The third-order valence-corrected chi connectivity index (χ3v) is 3.78. The summed E-state index contributed by atoms with van der Waals surface area (Å²) in [4.78, 5) is 0. The third kappa shape index (κ3) is 1.47. The zero-order chi connectivity index (χ0) is 11.8. The van der Waals surface area contributed by atoms with Crippen LogP contribution in [0, 0.1) is 6.92 Å². The van der Waals surface area contributed by atoms with Crippen molar-refractivity contribution in [2.24, 2.45) is 5.73 Å². The van der Waals surface area contributed by atoms with Crippen molar-refractivity contribution in [3.8, 4) is 11.5 Å². The molecule has 3 nitrogen and oxygen atoms in total. The van der Waals surface area contributed by atoms with Crippen LogP contribution in [-0.2, 0) is 5.41 Å². The van der Waals surface area contributed by atoms with Gasteiger partial charge in [0.1, 0.15) is 0 Å². The van der Waals surface area contributed by atoms with Gasteiger partial charge in [0.2, 0.25) is 0 Å². The first-order chi connectivity index (χ1) is 7.64. The Kier molecular flexibility index (Phi) is 2.80. The van der Waals surface area contributed by atoms with Crippen molar-refractivity contribution in [3.63, 3.8) is 0 Å². The molecular weight excluding hydrogens is 202 g/mol. The summed E-state index contributed by atoms with van der Waals surface area (Å²) in [7, 11) is 1.60. The first-order valence-corrected chi connectivity index (χ1v) is 5.72. The van der Waals surface area contributed by atoms with Gasteiger partial charge in [-0.2, -0.15) is 0 Å². The van der Waals surface area contributed by atoms with Gasteiger partial charge in [0, 0.05) is 17.5 Å². The second kappa shape index (κ2) is 3.98. The molecule has 0 saturated heterocycles. The number of phenolic OH excluding ortho intramolecular Hbond substituents is 1. The van der Waals surface area contributed by atoms with Gasteiger partial charge in [-0.1, -0.05) is 12.5 Å². The molecule has 0 heterocycles. The molecule has 0 bridgehead atoms. The maximum absolute atomic E-state index is 9.83. The maximum atomic E-state index is 9.83. The van der Waals surface area contributed by atoms with Crippen LogP contribution in [0.25, 0.3) is 0 Å². The molecule has 0 aliphatic heterocycles. The summed E-state index contributed by atoms with van der Waals surface area (Å²) in [5.74, 6) is 0.813. The SMILES string of the molecule is COc1c(O)ccc(C)c1C1(CN)CCC1. The standard InChI is InChI=1S/C13H19NO2/c1-9-4-5-10(15)12(16-2)11(9)13(8-14)6-3-7-13/h4-5,15H,3,6-8,14H2,1-2H3. The van der Waals surface area contributed by atoms with E-state index >= 15 is 0 Å². The van der Waals surface area contributed by atoms with Crippen molar-refractivity contribution < 1.29 is 9.84 Å². The normalized spacial score (nSPS) is 17.9. The first-order valence-electron chi connectivity index (χ1n) is 5.72. The van der Waals surface area contributed by atoms with E-state index in [9.17, 15) is 5.11 Å². The van der Waals surface area contributed by atoms with Gasteiger partial charge in [-0.25, -0.2) is 0 Å². The van der Waals surface area contributed by atoms with Crippen molar-refractivity contribution >= 4 is 0 Å². The van der Waals surface area contributed by atoms with E-state index in [-0.39, 0.29) is 11.2 Å². The summed E-state index contributed by atoms with van der Waals surface area (Å²) in [6, 6.07) is 3.61. The molecule has 16 heavy (non-hydrogen) atoms. The van der Waals surface area contributed by atoms with E-state index in [1.807, 2.05) is 13.0 Å². The predicted molar refractivity (Wildman–Crippen MR) is 64.0 cm³/mol. The van der Waals surface area contributed by atoms with E-state index in [1.165, 1.54) is 6.42 Å². The number of aryl methyl sites for hydroxylation is 1. The van der Waals surface area contributed by atoms with Crippen LogP contribution >= 0.6 is 0 Å². The number of rotatable bonds is 3. The van der Waals surface area contributed by atoms with Crippen LogP contribution in [0.5, 0.6) is 11.5 Å². The number of ether oxygens (including phenoxy) is 1. The molecular formula is C13H19NO2. The van der Waals surface area contributed by atoms with Gasteiger partial charge in [0.15, 0.2) is 11.5 Å². The van der Waals surface area contributed by atoms with E-state index in [1.54, 1.807) is 13.2 Å². The summed E-state index contributed by atoms with van der Waals surface area (Å²) in [5, 5.41) is 9.83. The quantitative estimate of drug-likeness (QED) is 0.821. The molecule has 1 aromatic carbocycles. The molecule has 1 aliphatic rings.